The van der Waals surface area contributed by atoms with Crippen LogP contribution in [0.15, 0.2) is 34.9 Å². The van der Waals surface area contributed by atoms with Gasteiger partial charge in [-0.2, -0.15) is 0 Å². The molecular formula is C13H7BrF3N3. The molecule has 0 atom stereocenters. The molecule has 0 unspecified atom stereocenters. The van der Waals surface area contributed by atoms with Gasteiger partial charge in [0.15, 0.2) is 11.6 Å². The summed E-state index contributed by atoms with van der Waals surface area (Å²) in [6.07, 6.45) is 1.65. The van der Waals surface area contributed by atoms with Crippen molar-refractivity contribution in [3.63, 3.8) is 0 Å². The lowest BCUT2D eigenvalue weighted by atomic mass is 10.1. The molecule has 0 saturated heterocycles. The van der Waals surface area contributed by atoms with Gasteiger partial charge in [0.25, 0.3) is 0 Å². The Balaban J connectivity index is 2.30. The van der Waals surface area contributed by atoms with Crippen molar-refractivity contribution >= 4 is 27.4 Å². The Morgan fingerprint density at radius 1 is 1.05 bits per heavy atom. The summed E-state index contributed by atoms with van der Waals surface area (Å²) < 4.78 is 42.3. The van der Waals surface area contributed by atoms with Crippen LogP contribution < -0.4 is 5.73 Å². The maximum Gasteiger partial charge on any atom is 0.161 e. The molecule has 0 bridgehead atoms. The maximum absolute atomic E-state index is 13.8. The maximum atomic E-state index is 13.8. The van der Waals surface area contributed by atoms with Gasteiger partial charge >= 0.3 is 0 Å². The zero-order valence-electron chi connectivity index (χ0n) is 9.87. The third kappa shape index (κ3) is 1.94. The van der Waals surface area contributed by atoms with E-state index < -0.39 is 17.5 Å². The monoisotopic (exact) mass is 341 g/mol. The van der Waals surface area contributed by atoms with Gasteiger partial charge in [-0.25, -0.2) is 18.2 Å². The molecule has 0 amide bonds. The molecule has 3 nitrogen and oxygen atoms in total. The van der Waals surface area contributed by atoms with Crippen LogP contribution in [-0.4, -0.2) is 9.38 Å². The van der Waals surface area contributed by atoms with Gasteiger partial charge < -0.3 is 5.73 Å². The molecule has 3 rings (SSSR count). The number of aromatic nitrogens is 2. The fourth-order valence-electron chi connectivity index (χ4n) is 1.94. The highest BCUT2D eigenvalue weighted by molar-refractivity contribution is 9.10. The molecule has 7 heteroatoms. The average Bonchev–Trinajstić information content (AvgIpc) is 2.71. The molecule has 0 saturated carbocycles. The van der Waals surface area contributed by atoms with Crippen molar-refractivity contribution in [2.75, 3.05) is 5.73 Å². The standard InChI is InChI=1S/C13H7BrF3N3/c14-6-1-2-11-19-12(13(18)20(11)5-6)7-3-9(16)10(17)4-8(7)15/h1-5H,18H2. The van der Waals surface area contributed by atoms with Gasteiger partial charge in [-0.15, -0.1) is 0 Å². The van der Waals surface area contributed by atoms with Crippen molar-refractivity contribution in [1.82, 2.24) is 9.38 Å². The van der Waals surface area contributed by atoms with Gasteiger partial charge in [0, 0.05) is 22.3 Å². The van der Waals surface area contributed by atoms with Crippen molar-refractivity contribution in [1.29, 1.82) is 0 Å². The van der Waals surface area contributed by atoms with E-state index >= 15 is 0 Å². The lowest BCUT2D eigenvalue weighted by molar-refractivity contribution is 0.496. The molecule has 1 aromatic carbocycles. The topological polar surface area (TPSA) is 43.3 Å². The van der Waals surface area contributed by atoms with Crippen LogP contribution in [0.2, 0.25) is 0 Å². The third-order valence-corrected chi connectivity index (χ3v) is 3.35. The summed E-state index contributed by atoms with van der Waals surface area (Å²) in [5.41, 5.74) is 6.26. The molecule has 0 aliphatic carbocycles. The Bertz CT molecular complexity index is 829. The number of hydrogen-bond acceptors (Lipinski definition) is 2. The molecule has 0 aliphatic heterocycles. The SMILES string of the molecule is Nc1c(-c2cc(F)c(F)cc2F)nc2ccc(Br)cn12. The first-order chi connectivity index (χ1) is 9.47. The number of hydrogen-bond donors (Lipinski definition) is 1. The number of nitrogens with two attached hydrogens (primary N) is 1. The highest BCUT2D eigenvalue weighted by Crippen LogP contribution is 2.30. The number of anilines is 1. The lowest BCUT2D eigenvalue weighted by Gasteiger charge is -2.02. The Hall–Kier alpha value is -2.02. The van der Waals surface area contributed by atoms with Gasteiger partial charge in [-0.05, 0) is 34.1 Å². The molecular weight excluding hydrogens is 335 g/mol. The molecule has 2 aromatic heterocycles. The minimum absolute atomic E-state index is 0.0690. The number of rotatable bonds is 1. The van der Waals surface area contributed by atoms with E-state index in [9.17, 15) is 13.2 Å². The Morgan fingerprint density at radius 3 is 2.50 bits per heavy atom. The first-order valence-corrected chi connectivity index (χ1v) is 6.34. The van der Waals surface area contributed by atoms with Crippen LogP contribution in [0.3, 0.4) is 0 Å². The summed E-state index contributed by atoms with van der Waals surface area (Å²) in [4.78, 5) is 4.14. The molecule has 0 fully saturated rings. The van der Waals surface area contributed by atoms with Crippen molar-refractivity contribution in [3.8, 4) is 11.3 Å². The number of pyridine rings is 1. The summed E-state index contributed by atoms with van der Waals surface area (Å²) in [5, 5.41) is 0. The van der Waals surface area contributed by atoms with Crippen molar-refractivity contribution in [3.05, 3.63) is 52.4 Å². The fourth-order valence-corrected chi connectivity index (χ4v) is 2.28. The molecule has 0 spiro atoms. The van der Waals surface area contributed by atoms with Crippen molar-refractivity contribution < 1.29 is 13.2 Å². The first kappa shape index (κ1) is 13.0. The Kier molecular flexibility index (Phi) is 2.93. The van der Waals surface area contributed by atoms with E-state index in [0.717, 1.165) is 10.5 Å². The van der Waals surface area contributed by atoms with Crippen molar-refractivity contribution in [2.45, 2.75) is 0 Å². The van der Waals surface area contributed by atoms with Crippen molar-refractivity contribution in [2.24, 2.45) is 0 Å². The number of fused-ring (bicyclic) bond motifs is 1. The van der Waals surface area contributed by atoms with Crippen LogP contribution in [0.1, 0.15) is 0 Å². The molecule has 20 heavy (non-hydrogen) atoms. The summed E-state index contributed by atoms with van der Waals surface area (Å²) in [5.74, 6) is -3.18. The molecule has 102 valence electrons. The first-order valence-electron chi connectivity index (χ1n) is 5.55. The van der Waals surface area contributed by atoms with E-state index in [-0.39, 0.29) is 17.1 Å². The van der Waals surface area contributed by atoms with E-state index in [1.807, 2.05) is 0 Å². The van der Waals surface area contributed by atoms with Crippen LogP contribution in [0.25, 0.3) is 16.9 Å². The van der Waals surface area contributed by atoms with Crippen LogP contribution in [0.4, 0.5) is 19.0 Å². The smallest absolute Gasteiger partial charge is 0.161 e. The lowest BCUT2D eigenvalue weighted by Crippen LogP contribution is -1.96. The molecule has 0 radical (unpaired) electrons. The highest BCUT2D eigenvalue weighted by atomic mass is 79.9. The highest BCUT2D eigenvalue weighted by Gasteiger charge is 2.18. The largest absolute Gasteiger partial charge is 0.383 e. The van der Waals surface area contributed by atoms with Crippen LogP contribution >= 0.6 is 15.9 Å². The number of nitrogens with zero attached hydrogens (tertiary/aromatic N) is 2. The second-order valence-corrected chi connectivity index (χ2v) is 5.08. The second-order valence-electron chi connectivity index (χ2n) is 4.17. The molecule has 2 N–H and O–H groups in total. The number of benzene rings is 1. The van der Waals surface area contributed by atoms with Gasteiger partial charge in [-0.1, -0.05) is 0 Å². The van der Waals surface area contributed by atoms with Gasteiger partial charge in [0.1, 0.15) is 23.0 Å². The molecule has 0 aliphatic rings. The molecule has 2 heterocycles. The van der Waals surface area contributed by atoms with Gasteiger partial charge in [0.2, 0.25) is 0 Å². The summed E-state index contributed by atoms with van der Waals surface area (Å²) >= 11 is 3.28. The number of imidazole rings is 1. The normalized spacial score (nSPS) is 11.2. The summed E-state index contributed by atoms with van der Waals surface area (Å²) in [6, 6.07) is 4.64. The van der Waals surface area contributed by atoms with Crippen LogP contribution in [0.5, 0.6) is 0 Å². The van der Waals surface area contributed by atoms with E-state index in [1.54, 1.807) is 18.3 Å². The van der Waals surface area contributed by atoms with Gasteiger partial charge in [0.05, 0.1) is 0 Å². The third-order valence-electron chi connectivity index (χ3n) is 2.88. The summed E-state index contributed by atoms with van der Waals surface area (Å²) in [6.45, 7) is 0. The quantitative estimate of drug-likeness (QED) is 0.685. The minimum atomic E-state index is -1.25. The predicted molar refractivity (Wildman–Crippen MR) is 72.6 cm³/mol. The van der Waals surface area contributed by atoms with E-state index in [2.05, 4.69) is 20.9 Å². The van der Waals surface area contributed by atoms with E-state index in [4.69, 9.17) is 5.73 Å². The van der Waals surface area contributed by atoms with E-state index in [0.29, 0.717) is 11.7 Å². The fraction of sp³-hybridized carbons (Fsp3) is 0. The zero-order valence-corrected chi connectivity index (χ0v) is 11.5. The zero-order chi connectivity index (χ0) is 14.4. The van der Waals surface area contributed by atoms with Crippen LogP contribution in [0, 0.1) is 17.5 Å². The van der Waals surface area contributed by atoms with Gasteiger partial charge in [-0.3, -0.25) is 4.40 Å². The number of nitrogen functional groups attached to an aromatic ring is 1. The van der Waals surface area contributed by atoms with E-state index in [1.165, 1.54) is 4.40 Å². The Labute approximate surface area is 120 Å². The summed E-state index contributed by atoms with van der Waals surface area (Å²) in [7, 11) is 0. The predicted octanol–water partition coefficient (Wildman–Crippen LogP) is 3.76. The van der Waals surface area contributed by atoms with Crippen LogP contribution in [-0.2, 0) is 0 Å². The average molecular weight is 342 g/mol. The Morgan fingerprint density at radius 2 is 1.75 bits per heavy atom. The minimum Gasteiger partial charge on any atom is -0.383 e. The second kappa shape index (κ2) is 4.52. The number of halogens is 4. The molecule has 3 aromatic rings.